The normalized spacial score (nSPS) is 12.6. The molecule has 3 nitrogen and oxygen atoms in total. The first-order valence-electron chi connectivity index (χ1n) is 6.56. The Hall–Kier alpha value is -1.61. The van der Waals surface area contributed by atoms with Crippen LogP contribution >= 0.6 is 0 Å². The maximum atomic E-state index is 9.55. The van der Waals surface area contributed by atoms with Crippen LogP contribution in [0.3, 0.4) is 0 Å². The highest BCUT2D eigenvalue weighted by Gasteiger charge is 2.06. The van der Waals surface area contributed by atoms with Crippen LogP contribution in [0.25, 0.3) is 11.4 Å². The van der Waals surface area contributed by atoms with Gasteiger partial charge in [-0.2, -0.15) is 0 Å². The Labute approximate surface area is 108 Å². The van der Waals surface area contributed by atoms with Crippen molar-refractivity contribution >= 4 is 0 Å². The summed E-state index contributed by atoms with van der Waals surface area (Å²) < 4.78 is 2.15. The summed E-state index contributed by atoms with van der Waals surface area (Å²) in [6.07, 6.45) is 6.32. The SMILES string of the molecule is CCC(O)CCCn1ccnc1-c1ccccc1. The monoisotopic (exact) mass is 244 g/mol. The molecule has 0 spiro atoms. The number of aryl methyl sites for hydroxylation is 1. The predicted molar refractivity (Wildman–Crippen MR) is 73.2 cm³/mol. The first-order chi connectivity index (χ1) is 8.81. The zero-order valence-corrected chi connectivity index (χ0v) is 10.8. The quantitative estimate of drug-likeness (QED) is 0.848. The molecule has 0 aliphatic heterocycles. The van der Waals surface area contributed by atoms with Crippen molar-refractivity contribution in [3.63, 3.8) is 0 Å². The Bertz CT molecular complexity index is 464. The van der Waals surface area contributed by atoms with Crippen molar-refractivity contribution in [2.45, 2.75) is 38.8 Å². The van der Waals surface area contributed by atoms with Crippen LogP contribution in [0.15, 0.2) is 42.7 Å². The molecule has 1 unspecified atom stereocenters. The van der Waals surface area contributed by atoms with Gasteiger partial charge in [-0.25, -0.2) is 4.98 Å². The highest BCUT2D eigenvalue weighted by molar-refractivity contribution is 5.54. The topological polar surface area (TPSA) is 38.0 Å². The molecule has 0 saturated carbocycles. The van der Waals surface area contributed by atoms with Gasteiger partial charge in [-0.05, 0) is 19.3 Å². The zero-order chi connectivity index (χ0) is 12.8. The number of aliphatic hydroxyl groups excluding tert-OH is 1. The highest BCUT2D eigenvalue weighted by Crippen LogP contribution is 2.17. The lowest BCUT2D eigenvalue weighted by atomic mass is 10.1. The zero-order valence-electron chi connectivity index (χ0n) is 10.8. The second-order valence-electron chi connectivity index (χ2n) is 4.51. The number of hydrogen-bond donors (Lipinski definition) is 1. The smallest absolute Gasteiger partial charge is 0.139 e. The molecule has 0 radical (unpaired) electrons. The van der Waals surface area contributed by atoms with E-state index in [-0.39, 0.29) is 6.10 Å². The van der Waals surface area contributed by atoms with Crippen molar-refractivity contribution in [3.8, 4) is 11.4 Å². The van der Waals surface area contributed by atoms with Crippen molar-refractivity contribution in [1.82, 2.24) is 9.55 Å². The van der Waals surface area contributed by atoms with Gasteiger partial charge in [0.1, 0.15) is 5.82 Å². The van der Waals surface area contributed by atoms with Gasteiger partial charge in [0, 0.05) is 24.5 Å². The number of rotatable bonds is 6. The van der Waals surface area contributed by atoms with Gasteiger partial charge in [-0.15, -0.1) is 0 Å². The van der Waals surface area contributed by atoms with Crippen LogP contribution in [0.1, 0.15) is 26.2 Å². The second kappa shape index (κ2) is 6.36. The summed E-state index contributed by atoms with van der Waals surface area (Å²) in [4.78, 5) is 4.40. The molecular formula is C15H20N2O. The Morgan fingerprint density at radius 1 is 1.28 bits per heavy atom. The lowest BCUT2D eigenvalue weighted by Gasteiger charge is -2.10. The van der Waals surface area contributed by atoms with Crippen molar-refractivity contribution in [1.29, 1.82) is 0 Å². The molecule has 18 heavy (non-hydrogen) atoms. The Balaban J connectivity index is 2.00. The minimum Gasteiger partial charge on any atom is -0.393 e. The van der Waals surface area contributed by atoms with Gasteiger partial charge in [-0.1, -0.05) is 37.3 Å². The van der Waals surface area contributed by atoms with E-state index in [0.717, 1.165) is 37.2 Å². The number of nitrogens with zero attached hydrogens (tertiary/aromatic N) is 2. The van der Waals surface area contributed by atoms with E-state index in [0.29, 0.717) is 0 Å². The number of aliphatic hydroxyl groups is 1. The van der Waals surface area contributed by atoms with Crippen LogP contribution in [0, 0.1) is 0 Å². The summed E-state index contributed by atoms with van der Waals surface area (Å²) in [5, 5.41) is 9.55. The maximum Gasteiger partial charge on any atom is 0.139 e. The molecule has 0 saturated heterocycles. The van der Waals surface area contributed by atoms with Crippen LogP contribution < -0.4 is 0 Å². The fraction of sp³-hybridized carbons (Fsp3) is 0.400. The molecule has 0 aliphatic rings. The molecule has 2 rings (SSSR count). The minimum absolute atomic E-state index is 0.173. The minimum atomic E-state index is -0.173. The van der Waals surface area contributed by atoms with Gasteiger partial charge in [-0.3, -0.25) is 0 Å². The van der Waals surface area contributed by atoms with Crippen LogP contribution in [0.2, 0.25) is 0 Å². The third-order valence-corrected chi connectivity index (χ3v) is 3.16. The molecule has 2 aromatic rings. The molecule has 1 aromatic heterocycles. The molecule has 0 amide bonds. The molecule has 1 atom stereocenters. The summed E-state index contributed by atoms with van der Waals surface area (Å²) >= 11 is 0. The van der Waals surface area contributed by atoms with Gasteiger partial charge in [0.2, 0.25) is 0 Å². The molecule has 0 fully saturated rings. The van der Waals surface area contributed by atoms with E-state index >= 15 is 0 Å². The van der Waals surface area contributed by atoms with Gasteiger partial charge in [0.25, 0.3) is 0 Å². The Morgan fingerprint density at radius 3 is 2.78 bits per heavy atom. The van der Waals surface area contributed by atoms with Gasteiger partial charge < -0.3 is 9.67 Å². The highest BCUT2D eigenvalue weighted by atomic mass is 16.3. The van der Waals surface area contributed by atoms with Gasteiger partial charge in [0.15, 0.2) is 0 Å². The third-order valence-electron chi connectivity index (χ3n) is 3.16. The molecule has 1 N–H and O–H groups in total. The molecule has 0 aliphatic carbocycles. The van der Waals surface area contributed by atoms with E-state index in [4.69, 9.17) is 0 Å². The average molecular weight is 244 g/mol. The number of aromatic nitrogens is 2. The summed E-state index contributed by atoms with van der Waals surface area (Å²) in [6.45, 7) is 2.92. The van der Waals surface area contributed by atoms with Crippen LogP contribution in [0.5, 0.6) is 0 Å². The maximum absolute atomic E-state index is 9.55. The first-order valence-corrected chi connectivity index (χ1v) is 6.56. The largest absolute Gasteiger partial charge is 0.393 e. The average Bonchev–Trinajstić information content (AvgIpc) is 2.88. The lowest BCUT2D eigenvalue weighted by Crippen LogP contribution is -2.07. The third kappa shape index (κ3) is 3.20. The molecule has 3 heteroatoms. The van der Waals surface area contributed by atoms with E-state index in [1.165, 1.54) is 0 Å². The number of hydrogen-bond acceptors (Lipinski definition) is 2. The summed E-state index contributed by atoms with van der Waals surface area (Å²) in [5.41, 5.74) is 1.14. The summed E-state index contributed by atoms with van der Waals surface area (Å²) in [7, 11) is 0. The predicted octanol–water partition coefficient (Wildman–Crippen LogP) is 3.10. The Morgan fingerprint density at radius 2 is 2.06 bits per heavy atom. The Kier molecular flexibility index (Phi) is 4.53. The molecular weight excluding hydrogens is 224 g/mol. The van der Waals surface area contributed by atoms with Crippen molar-refractivity contribution in [3.05, 3.63) is 42.7 Å². The van der Waals surface area contributed by atoms with Gasteiger partial charge >= 0.3 is 0 Å². The number of imidazole rings is 1. The van der Waals surface area contributed by atoms with Crippen molar-refractivity contribution < 1.29 is 5.11 Å². The molecule has 0 bridgehead atoms. The standard InChI is InChI=1S/C15H20N2O/c1-2-14(18)9-6-11-17-12-10-16-15(17)13-7-4-3-5-8-13/h3-5,7-8,10,12,14,18H,2,6,9,11H2,1H3. The number of benzene rings is 1. The second-order valence-corrected chi connectivity index (χ2v) is 4.51. The van der Waals surface area contributed by atoms with Crippen LogP contribution in [0.4, 0.5) is 0 Å². The van der Waals surface area contributed by atoms with E-state index in [9.17, 15) is 5.11 Å². The van der Waals surface area contributed by atoms with E-state index in [1.54, 1.807) is 0 Å². The van der Waals surface area contributed by atoms with Crippen LogP contribution in [-0.4, -0.2) is 20.8 Å². The van der Waals surface area contributed by atoms with Gasteiger partial charge in [0.05, 0.1) is 6.10 Å². The van der Waals surface area contributed by atoms with E-state index in [1.807, 2.05) is 37.5 Å². The van der Waals surface area contributed by atoms with E-state index in [2.05, 4.69) is 21.7 Å². The van der Waals surface area contributed by atoms with E-state index < -0.39 is 0 Å². The lowest BCUT2D eigenvalue weighted by molar-refractivity contribution is 0.156. The molecule has 1 aromatic carbocycles. The first kappa shape index (κ1) is 12.8. The fourth-order valence-corrected chi connectivity index (χ4v) is 2.04. The van der Waals surface area contributed by atoms with Crippen molar-refractivity contribution in [2.75, 3.05) is 0 Å². The summed E-state index contributed by atoms with van der Waals surface area (Å²) in [5.74, 6) is 1.00. The van der Waals surface area contributed by atoms with Crippen molar-refractivity contribution in [2.24, 2.45) is 0 Å². The fourth-order valence-electron chi connectivity index (χ4n) is 2.04. The molecule has 96 valence electrons. The summed E-state index contributed by atoms with van der Waals surface area (Å²) in [6, 6.07) is 10.2. The molecule has 1 heterocycles. The van der Waals surface area contributed by atoms with Crippen LogP contribution in [-0.2, 0) is 6.54 Å².